The first kappa shape index (κ1) is 12.7. The van der Waals surface area contributed by atoms with Gasteiger partial charge in [-0.25, -0.2) is 4.79 Å². The number of ketones is 1. The topological polar surface area (TPSA) is 104 Å². The average Bonchev–Trinajstić information content (AvgIpc) is 2.36. The Morgan fingerprint density at radius 2 is 1.68 bits per heavy atom. The van der Waals surface area contributed by atoms with Crippen LogP contribution in [0, 0.1) is 0 Å². The number of para-hydroxylation sites is 1. The lowest BCUT2D eigenvalue weighted by molar-refractivity contribution is -0.132. The molecular weight excluding hydrogens is 252 g/mol. The Morgan fingerprint density at radius 1 is 1.11 bits per heavy atom. The Balaban J connectivity index is 2.39. The van der Waals surface area contributed by atoms with Gasteiger partial charge in [0, 0.05) is 5.69 Å². The minimum absolute atomic E-state index is 0.0440. The summed E-state index contributed by atoms with van der Waals surface area (Å²) in [5.41, 5.74) is 0.218. The van der Waals surface area contributed by atoms with E-state index in [1.807, 2.05) is 0 Å². The van der Waals surface area contributed by atoms with Crippen LogP contribution in [0.4, 0.5) is 5.69 Å². The van der Waals surface area contributed by atoms with E-state index in [9.17, 15) is 19.2 Å². The average molecular weight is 262 g/mol. The zero-order valence-electron chi connectivity index (χ0n) is 9.75. The fourth-order valence-corrected chi connectivity index (χ4v) is 1.86. The normalized spacial score (nSPS) is 15.1. The molecule has 1 heterocycles. The monoisotopic (exact) mass is 262 g/mol. The summed E-state index contributed by atoms with van der Waals surface area (Å²) < 4.78 is 0. The minimum atomic E-state index is -1.58. The summed E-state index contributed by atoms with van der Waals surface area (Å²) in [5.74, 6) is -3.64. The fourth-order valence-electron chi connectivity index (χ4n) is 1.86. The van der Waals surface area contributed by atoms with E-state index in [0.717, 1.165) is 0 Å². The van der Waals surface area contributed by atoms with Crippen molar-refractivity contribution in [1.29, 1.82) is 0 Å². The van der Waals surface area contributed by atoms with Crippen LogP contribution < -0.4 is 10.2 Å². The molecule has 1 saturated heterocycles. The molecule has 0 saturated carbocycles. The first-order valence-corrected chi connectivity index (χ1v) is 5.43. The Morgan fingerprint density at radius 3 is 2.26 bits per heavy atom. The van der Waals surface area contributed by atoms with E-state index in [1.54, 1.807) is 6.07 Å². The molecule has 98 valence electrons. The summed E-state index contributed by atoms with van der Waals surface area (Å²) in [6, 6.07) is 5.97. The smallest absolute Gasteiger partial charge is 0.377 e. The van der Waals surface area contributed by atoms with Crippen molar-refractivity contribution in [3.8, 4) is 0 Å². The molecule has 2 rings (SSSR count). The molecule has 2 N–H and O–H groups in total. The SMILES string of the molecule is O=C1CN(c2ccccc2C(=O)C(=O)O)CC(=O)N1. The lowest BCUT2D eigenvalue weighted by Crippen LogP contribution is -2.51. The number of rotatable bonds is 3. The van der Waals surface area contributed by atoms with Crippen LogP contribution in [-0.2, 0) is 14.4 Å². The maximum atomic E-state index is 11.6. The first-order chi connectivity index (χ1) is 8.99. The number of piperazine rings is 1. The quantitative estimate of drug-likeness (QED) is 0.429. The third-order valence-electron chi connectivity index (χ3n) is 2.63. The molecule has 1 aromatic rings. The number of anilines is 1. The maximum absolute atomic E-state index is 11.6. The lowest BCUT2D eigenvalue weighted by Gasteiger charge is -2.28. The number of hydrogen-bond donors (Lipinski definition) is 2. The highest BCUT2D eigenvalue weighted by atomic mass is 16.4. The van der Waals surface area contributed by atoms with Gasteiger partial charge in [-0.15, -0.1) is 0 Å². The molecule has 0 radical (unpaired) electrons. The number of Topliss-reactive ketones (excluding diaryl/α,β-unsaturated/α-hetero) is 1. The third kappa shape index (κ3) is 2.59. The first-order valence-electron chi connectivity index (χ1n) is 5.43. The molecule has 0 aliphatic carbocycles. The number of carbonyl (C=O) groups is 4. The number of nitrogens with zero attached hydrogens (tertiary/aromatic N) is 1. The van der Waals surface area contributed by atoms with Gasteiger partial charge < -0.3 is 10.0 Å². The van der Waals surface area contributed by atoms with E-state index >= 15 is 0 Å². The second-order valence-electron chi connectivity index (χ2n) is 3.98. The standard InChI is InChI=1S/C12H10N2O5/c15-9-5-14(6-10(16)13-9)8-4-2-1-3-7(8)11(17)12(18)19/h1-4H,5-6H2,(H,18,19)(H,13,15,16). The van der Waals surface area contributed by atoms with E-state index in [2.05, 4.69) is 5.32 Å². The Labute approximate surface area is 107 Å². The zero-order chi connectivity index (χ0) is 14.0. The molecule has 1 aliphatic heterocycles. The summed E-state index contributed by atoms with van der Waals surface area (Å²) >= 11 is 0. The van der Waals surface area contributed by atoms with Gasteiger partial charge in [0.1, 0.15) is 0 Å². The van der Waals surface area contributed by atoms with Crippen molar-refractivity contribution < 1.29 is 24.3 Å². The highest BCUT2D eigenvalue weighted by molar-refractivity contribution is 6.41. The number of carboxylic acids is 1. The Kier molecular flexibility index (Phi) is 3.28. The molecule has 7 nitrogen and oxygen atoms in total. The van der Waals surface area contributed by atoms with Crippen LogP contribution in [0.5, 0.6) is 0 Å². The summed E-state index contributed by atoms with van der Waals surface area (Å²) in [4.78, 5) is 46.3. The van der Waals surface area contributed by atoms with Crippen molar-refractivity contribution in [1.82, 2.24) is 5.32 Å². The summed E-state index contributed by atoms with van der Waals surface area (Å²) in [5, 5.41) is 10.9. The van der Waals surface area contributed by atoms with Crippen molar-refractivity contribution in [3.05, 3.63) is 29.8 Å². The van der Waals surface area contributed by atoms with Gasteiger partial charge in [0.05, 0.1) is 18.7 Å². The van der Waals surface area contributed by atoms with Gasteiger partial charge in [-0.2, -0.15) is 0 Å². The van der Waals surface area contributed by atoms with Crippen LogP contribution in [-0.4, -0.2) is 41.8 Å². The molecule has 2 amide bonds. The molecule has 0 spiro atoms. The molecule has 0 bridgehead atoms. The number of carboxylic acid groups (broad SMARTS) is 1. The van der Waals surface area contributed by atoms with Gasteiger partial charge in [0.25, 0.3) is 5.78 Å². The van der Waals surface area contributed by atoms with Crippen molar-refractivity contribution in [2.45, 2.75) is 0 Å². The Hall–Kier alpha value is -2.70. The fraction of sp³-hybridized carbons (Fsp3) is 0.167. The van der Waals surface area contributed by atoms with E-state index in [-0.39, 0.29) is 24.3 Å². The van der Waals surface area contributed by atoms with Gasteiger partial charge in [-0.1, -0.05) is 12.1 Å². The van der Waals surface area contributed by atoms with Crippen molar-refractivity contribution >= 4 is 29.3 Å². The van der Waals surface area contributed by atoms with Crippen molar-refractivity contribution in [3.63, 3.8) is 0 Å². The minimum Gasteiger partial charge on any atom is -0.475 e. The number of benzene rings is 1. The Bertz CT molecular complexity index is 565. The van der Waals surface area contributed by atoms with Crippen LogP contribution in [0.1, 0.15) is 10.4 Å². The summed E-state index contributed by atoms with van der Waals surface area (Å²) in [6.07, 6.45) is 0. The largest absolute Gasteiger partial charge is 0.475 e. The highest BCUT2D eigenvalue weighted by Gasteiger charge is 2.27. The van der Waals surface area contributed by atoms with Crippen LogP contribution in [0.25, 0.3) is 0 Å². The maximum Gasteiger partial charge on any atom is 0.377 e. The number of aliphatic carboxylic acids is 1. The molecule has 0 atom stereocenters. The highest BCUT2D eigenvalue weighted by Crippen LogP contribution is 2.21. The van der Waals surface area contributed by atoms with Crippen LogP contribution in [0.2, 0.25) is 0 Å². The summed E-state index contributed by atoms with van der Waals surface area (Å²) in [6.45, 7) is -0.203. The molecule has 19 heavy (non-hydrogen) atoms. The molecular formula is C12H10N2O5. The van der Waals surface area contributed by atoms with Gasteiger partial charge in [-0.3, -0.25) is 19.7 Å². The second-order valence-corrected chi connectivity index (χ2v) is 3.98. The predicted molar refractivity (Wildman–Crippen MR) is 63.8 cm³/mol. The van der Waals surface area contributed by atoms with Crippen LogP contribution in [0.3, 0.4) is 0 Å². The lowest BCUT2D eigenvalue weighted by atomic mass is 10.1. The second kappa shape index (κ2) is 4.89. The number of imide groups is 1. The van der Waals surface area contributed by atoms with E-state index < -0.39 is 23.6 Å². The van der Waals surface area contributed by atoms with Crippen molar-refractivity contribution in [2.75, 3.05) is 18.0 Å². The number of nitrogens with one attached hydrogen (secondary N) is 1. The molecule has 1 fully saturated rings. The van der Waals surface area contributed by atoms with Crippen LogP contribution in [0.15, 0.2) is 24.3 Å². The van der Waals surface area contributed by atoms with Gasteiger partial charge >= 0.3 is 5.97 Å². The third-order valence-corrected chi connectivity index (χ3v) is 2.63. The summed E-state index contributed by atoms with van der Waals surface area (Å²) in [7, 11) is 0. The van der Waals surface area contributed by atoms with Gasteiger partial charge in [0.2, 0.25) is 11.8 Å². The molecule has 7 heteroatoms. The number of hydrogen-bond acceptors (Lipinski definition) is 5. The van der Waals surface area contributed by atoms with E-state index in [4.69, 9.17) is 5.11 Å². The number of carbonyl (C=O) groups excluding carboxylic acids is 3. The van der Waals surface area contributed by atoms with Gasteiger partial charge in [-0.05, 0) is 12.1 Å². The molecule has 0 aromatic heterocycles. The van der Waals surface area contributed by atoms with Gasteiger partial charge in [0.15, 0.2) is 0 Å². The van der Waals surface area contributed by atoms with Crippen molar-refractivity contribution in [2.24, 2.45) is 0 Å². The molecule has 1 aromatic carbocycles. The molecule has 1 aliphatic rings. The number of amides is 2. The molecule has 0 unspecified atom stereocenters. The van der Waals surface area contributed by atoms with E-state index in [1.165, 1.54) is 23.1 Å². The van der Waals surface area contributed by atoms with E-state index in [0.29, 0.717) is 0 Å². The predicted octanol–water partition coefficient (Wildman–Crippen LogP) is -0.583. The zero-order valence-corrected chi connectivity index (χ0v) is 9.75. The van der Waals surface area contributed by atoms with Crippen LogP contribution >= 0.6 is 0 Å².